The number of nitrogens with zero attached hydrogens (tertiary/aromatic N) is 1. The molecule has 2 nitrogen and oxygen atoms in total. The second kappa shape index (κ2) is 2.47. The maximum atomic E-state index is 8.45. The van der Waals surface area contributed by atoms with Crippen LogP contribution in [-0.4, -0.2) is 6.04 Å². The molecule has 1 aliphatic rings. The van der Waals surface area contributed by atoms with Gasteiger partial charge in [-0.3, -0.25) is 0 Å². The summed E-state index contributed by atoms with van der Waals surface area (Å²) in [6, 6.07) is 1.98. The van der Waals surface area contributed by atoms with Crippen LogP contribution in [0.3, 0.4) is 0 Å². The normalized spacial score (nSPS) is 32.0. The fourth-order valence-corrected chi connectivity index (χ4v) is 0.753. The minimum Gasteiger partial charge on any atom is -0.323 e. The Balaban J connectivity index is 2.68. The van der Waals surface area contributed by atoms with Crippen molar-refractivity contribution in [3.05, 3.63) is 24.3 Å². The summed E-state index contributed by atoms with van der Waals surface area (Å²) in [5.74, 6) is -0.130. The van der Waals surface area contributed by atoms with Crippen molar-refractivity contribution in [3.63, 3.8) is 0 Å². The van der Waals surface area contributed by atoms with Gasteiger partial charge in [0.05, 0.1) is 12.0 Å². The highest BCUT2D eigenvalue weighted by Crippen LogP contribution is 2.08. The van der Waals surface area contributed by atoms with Gasteiger partial charge in [-0.05, 0) is 0 Å². The van der Waals surface area contributed by atoms with Crippen LogP contribution >= 0.6 is 0 Å². The Morgan fingerprint density at radius 2 is 2.00 bits per heavy atom. The van der Waals surface area contributed by atoms with Gasteiger partial charge < -0.3 is 5.73 Å². The third kappa shape index (κ3) is 1.18. The van der Waals surface area contributed by atoms with Gasteiger partial charge in [-0.2, -0.15) is 5.26 Å². The minimum atomic E-state index is -0.130. The van der Waals surface area contributed by atoms with Gasteiger partial charge in [0.1, 0.15) is 0 Å². The summed E-state index contributed by atoms with van der Waals surface area (Å²) < 4.78 is 0. The number of allylic oxidation sites excluding steroid dienone is 2. The van der Waals surface area contributed by atoms with E-state index in [-0.39, 0.29) is 12.0 Å². The molecule has 1 aliphatic carbocycles. The molecule has 0 radical (unpaired) electrons. The van der Waals surface area contributed by atoms with Gasteiger partial charge in [-0.1, -0.05) is 24.3 Å². The van der Waals surface area contributed by atoms with E-state index >= 15 is 0 Å². The zero-order valence-corrected chi connectivity index (χ0v) is 4.99. The standard InChI is InChI=1S/C7H8N2/c8-5-6-3-1-2-4-7(6)9/h1-4,6-7H,9H2/t6?,7-/m1/s1. The van der Waals surface area contributed by atoms with Crippen LogP contribution in [0.4, 0.5) is 0 Å². The highest BCUT2D eigenvalue weighted by Gasteiger charge is 2.11. The van der Waals surface area contributed by atoms with Gasteiger partial charge in [0, 0.05) is 6.04 Å². The van der Waals surface area contributed by atoms with E-state index in [9.17, 15) is 0 Å². The van der Waals surface area contributed by atoms with Crippen LogP contribution in [0, 0.1) is 17.2 Å². The summed E-state index contributed by atoms with van der Waals surface area (Å²) >= 11 is 0. The first kappa shape index (κ1) is 6.06. The Bertz CT molecular complexity index is 186. The highest BCUT2D eigenvalue weighted by atomic mass is 14.6. The van der Waals surface area contributed by atoms with Gasteiger partial charge in [-0.25, -0.2) is 0 Å². The fourth-order valence-electron chi connectivity index (χ4n) is 0.753. The van der Waals surface area contributed by atoms with Crippen LogP contribution in [0.5, 0.6) is 0 Å². The fraction of sp³-hybridized carbons (Fsp3) is 0.286. The summed E-state index contributed by atoms with van der Waals surface area (Å²) in [6.45, 7) is 0. The summed E-state index contributed by atoms with van der Waals surface area (Å²) in [5, 5.41) is 8.45. The molecule has 2 heteroatoms. The van der Waals surface area contributed by atoms with Crippen molar-refractivity contribution in [2.24, 2.45) is 11.7 Å². The molecule has 0 amide bonds. The molecule has 0 aromatic carbocycles. The topological polar surface area (TPSA) is 49.8 Å². The monoisotopic (exact) mass is 120 g/mol. The van der Waals surface area contributed by atoms with Crippen LogP contribution in [0.25, 0.3) is 0 Å². The lowest BCUT2D eigenvalue weighted by Gasteiger charge is -2.11. The number of nitrogens with two attached hydrogens (primary N) is 1. The Hall–Kier alpha value is -1.07. The lowest BCUT2D eigenvalue weighted by molar-refractivity contribution is 0.696. The molecule has 0 aliphatic heterocycles. The molecule has 0 bridgehead atoms. The van der Waals surface area contributed by atoms with E-state index in [1.807, 2.05) is 24.3 Å². The average Bonchev–Trinajstić information content (AvgIpc) is 1.89. The van der Waals surface area contributed by atoms with Gasteiger partial charge in [0.25, 0.3) is 0 Å². The molecular formula is C7H8N2. The molecule has 0 aromatic heterocycles. The van der Waals surface area contributed by atoms with Crippen molar-refractivity contribution in [3.8, 4) is 6.07 Å². The Kier molecular flexibility index (Phi) is 1.66. The second-order valence-corrected chi connectivity index (χ2v) is 2.00. The summed E-state index contributed by atoms with van der Waals surface area (Å²) in [7, 11) is 0. The predicted molar refractivity (Wildman–Crippen MR) is 35.4 cm³/mol. The number of rotatable bonds is 0. The third-order valence-corrected chi connectivity index (χ3v) is 1.33. The van der Waals surface area contributed by atoms with Gasteiger partial charge in [-0.15, -0.1) is 0 Å². The Morgan fingerprint density at radius 3 is 2.44 bits per heavy atom. The summed E-state index contributed by atoms with van der Waals surface area (Å²) in [6.07, 6.45) is 7.34. The van der Waals surface area contributed by atoms with Crippen molar-refractivity contribution in [1.29, 1.82) is 5.26 Å². The van der Waals surface area contributed by atoms with Crippen molar-refractivity contribution in [2.75, 3.05) is 0 Å². The predicted octanol–water partition coefficient (Wildman–Crippen LogP) is 0.579. The van der Waals surface area contributed by atoms with Crippen LogP contribution < -0.4 is 5.73 Å². The molecular weight excluding hydrogens is 112 g/mol. The molecule has 0 aromatic rings. The minimum absolute atomic E-state index is 0.111. The van der Waals surface area contributed by atoms with Gasteiger partial charge >= 0.3 is 0 Å². The van der Waals surface area contributed by atoms with E-state index in [2.05, 4.69) is 6.07 Å². The van der Waals surface area contributed by atoms with Crippen molar-refractivity contribution >= 4 is 0 Å². The zero-order chi connectivity index (χ0) is 6.69. The average molecular weight is 120 g/mol. The smallest absolute Gasteiger partial charge is 0.0833 e. The maximum Gasteiger partial charge on any atom is 0.0833 e. The lowest BCUT2D eigenvalue weighted by atomic mass is 9.98. The molecule has 0 spiro atoms. The molecule has 1 unspecified atom stereocenters. The quantitative estimate of drug-likeness (QED) is 0.508. The number of nitriles is 1. The molecule has 1 rings (SSSR count). The van der Waals surface area contributed by atoms with Crippen LogP contribution in [0.15, 0.2) is 24.3 Å². The Morgan fingerprint density at radius 1 is 1.33 bits per heavy atom. The van der Waals surface area contributed by atoms with Crippen molar-refractivity contribution < 1.29 is 0 Å². The number of hydrogen-bond donors (Lipinski definition) is 1. The van der Waals surface area contributed by atoms with E-state index < -0.39 is 0 Å². The SMILES string of the molecule is N#CC1C=CC=C[C@H]1N. The zero-order valence-electron chi connectivity index (χ0n) is 4.99. The third-order valence-electron chi connectivity index (χ3n) is 1.33. The van der Waals surface area contributed by atoms with E-state index in [1.54, 1.807) is 0 Å². The molecule has 2 N–H and O–H groups in total. The first-order chi connectivity index (χ1) is 4.34. The Labute approximate surface area is 54.3 Å². The van der Waals surface area contributed by atoms with E-state index in [4.69, 9.17) is 11.0 Å². The molecule has 0 saturated heterocycles. The highest BCUT2D eigenvalue weighted by molar-refractivity contribution is 5.21. The second-order valence-electron chi connectivity index (χ2n) is 2.00. The lowest BCUT2D eigenvalue weighted by Crippen LogP contribution is -2.26. The molecule has 0 heterocycles. The first-order valence-electron chi connectivity index (χ1n) is 2.85. The summed E-state index contributed by atoms with van der Waals surface area (Å²) in [5.41, 5.74) is 5.53. The van der Waals surface area contributed by atoms with Gasteiger partial charge in [0.15, 0.2) is 0 Å². The van der Waals surface area contributed by atoms with E-state index in [1.165, 1.54) is 0 Å². The number of hydrogen-bond acceptors (Lipinski definition) is 2. The largest absolute Gasteiger partial charge is 0.323 e. The van der Waals surface area contributed by atoms with E-state index in [0.717, 1.165) is 0 Å². The van der Waals surface area contributed by atoms with Crippen LogP contribution in [0.1, 0.15) is 0 Å². The maximum absolute atomic E-state index is 8.45. The van der Waals surface area contributed by atoms with Gasteiger partial charge in [0.2, 0.25) is 0 Å². The van der Waals surface area contributed by atoms with Crippen LogP contribution in [-0.2, 0) is 0 Å². The molecule has 9 heavy (non-hydrogen) atoms. The van der Waals surface area contributed by atoms with Crippen molar-refractivity contribution in [2.45, 2.75) is 6.04 Å². The molecule has 2 atom stereocenters. The van der Waals surface area contributed by atoms with Crippen molar-refractivity contribution in [1.82, 2.24) is 0 Å². The molecule has 0 saturated carbocycles. The molecule has 46 valence electrons. The first-order valence-corrected chi connectivity index (χ1v) is 2.85. The summed E-state index contributed by atoms with van der Waals surface area (Å²) in [4.78, 5) is 0. The van der Waals surface area contributed by atoms with E-state index in [0.29, 0.717) is 0 Å². The molecule has 0 fully saturated rings. The van der Waals surface area contributed by atoms with Crippen LogP contribution in [0.2, 0.25) is 0 Å².